The minimum atomic E-state index is -0.340. The molecule has 0 saturated heterocycles. The average Bonchev–Trinajstić information content (AvgIpc) is 2.30. The number of carbonyl (C=O) groups excluding carboxylic acids is 1. The Morgan fingerprint density at radius 3 is 2.81 bits per heavy atom. The van der Waals surface area contributed by atoms with Crippen molar-refractivity contribution in [3.05, 3.63) is 29.8 Å². The third-order valence-corrected chi connectivity index (χ3v) is 2.46. The van der Waals surface area contributed by atoms with Gasteiger partial charge in [-0.05, 0) is 25.6 Å². The van der Waals surface area contributed by atoms with E-state index in [0.29, 0.717) is 0 Å². The third-order valence-electron chi connectivity index (χ3n) is 2.46. The number of carbonyl (C=O) groups is 1. The van der Waals surface area contributed by atoms with Crippen LogP contribution in [0.25, 0.3) is 0 Å². The first-order valence-corrected chi connectivity index (χ1v) is 5.08. The maximum atomic E-state index is 11.8. The van der Waals surface area contributed by atoms with E-state index in [4.69, 9.17) is 0 Å². The van der Waals surface area contributed by atoms with Gasteiger partial charge in [-0.15, -0.1) is 0 Å². The molecule has 1 heterocycles. The van der Waals surface area contributed by atoms with Gasteiger partial charge in [-0.2, -0.15) is 0 Å². The van der Waals surface area contributed by atoms with Crippen molar-refractivity contribution in [2.75, 3.05) is 11.9 Å². The first-order valence-electron chi connectivity index (χ1n) is 5.08. The Balaban J connectivity index is 2.29. The zero-order valence-electron chi connectivity index (χ0n) is 9.27. The zero-order valence-corrected chi connectivity index (χ0v) is 9.27. The summed E-state index contributed by atoms with van der Waals surface area (Å²) in [6.45, 7) is 1.96. The maximum Gasteiger partial charge on any atom is 0.329 e. The monoisotopic (exact) mass is 218 g/mol. The highest BCUT2D eigenvalue weighted by Crippen LogP contribution is 2.19. The molecule has 84 valence electrons. The fraction of sp³-hybridized carbons (Fsp3) is 0.273. The highest BCUT2D eigenvalue weighted by molar-refractivity contribution is 6.09. The normalized spacial score (nSPS) is 19.8. The molecule has 0 aliphatic carbocycles. The summed E-state index contributed by atoms with van der Waals surface area (Å²) >= 11 is 0. The van der Waals surface area contributed by atoms with Crippen LogP contribution in [0.1, 0.15) is 5.56 Å². The van der Waals surface area contributed by atoms with Gasteiger partial charge in [0, 0.05) is 0 Å². The van der Waals surface area contributed by atoms with Crippen LogP contribution in [0.4, 0.5) is 10.5 Å². The number of hydrogen-bond acceptors (Lipinski definition) is 3. The van der Waals surface area contributed by atoms with Crippen LogP contribution in [-0.4, -0.2) is 25.7 Å². The molecule has 2 N–H and O–H groups in total. The topological polar surface area (TPSA) is 56.7 Å². The summed E-state index contributed by atoms with van der Waals surface area (Å²) in [6, 6.07) is 7.51. The molecule has 1 aliphatic rings. The van der Waals surface area contributed by atoms with Crippen LogP contribution in [0, 0.1) is 6.92 Å². The van der Waals surface area contributed by atoms with E-state index in [-0.39, 0.29) is 12.3 Å². The van der Waals surface area contributed by atoms with Crippen LogP contribution < -0.4 is 15.5 Å². The van der Waals surface area contributed by atoms with Crippen LogP contribution in [0.15, 0.2) is 29.3 Å². The first-order chi connectivity index (χ1) is 7.72. The van der Waals surface area contributed by atoms with Crippen molar-refractivity contribution in [1.29, 1.82) is 0 Å². The minimum Gasteiger partial charge on any atom is -0.303 e. The van der Waals surface area contributed by atoms with Crippen molar-refractivity contribution in [3.63, 3.8) is 0 Å². The molecule has 1 aromatic carbocycles. The van der Waals surface area contributed by atoms with Crippen molar-refractivity contribution in [2.24, 2.45) is 4.99 Å². The summed E-state index contributed by atoms with van der Waals surface area (Å²) in [5, 5.41) is 5.58. The van der Waals surface area contributed by atoms with Gasteiger partial charge in [0.1, 0.15) is 6.34 Å². The Morgan fingerprint density at radius 1 is 1.44 bits per heavy atom. The summed E-state index contributed by atoms with van der Waals surface area (Å²) in [4.78, 5) is 17.5. The van der Waals surface area contributed by atoms with Crippen molar-refractivity contribution in [2.45, 2.75) is 13.2 Å². The molecule has 0 spiro atoms. The number of rotatable bonds is 2. The molecule has 1 aliphatic heterocycles. The van der Waals surface area contributed by atoms with Crippen molar-refractivity contribution >= 4 is 18.1 Å². The summed E-state index contributed by atoms with van der Waals surface area (Å²) in [7, 11) is 1.74. The van der Waals surface area contributed by atoms with Gasteiger partial charge in [0.15, 0.2) is 6.29 Å². The van der Waals surface area contributed by atoms with Crippen molar-refractivity contribution in [1.82, 2.24) is 10.6 Å². The quantitative estimate of drug-likeness (QED) is 0.779. The Bertz CT molecular complexity index is 430. The van der Waals surface area contributed by atoms with Gasteiger partial charge in [-0.1, -0.05) is 18.2 Å². The zero-order chi connectivity index (χ0) is 11.5. The fourth-order valence-electron chi connectivity index (χ4n) is 1.56. The average molecular weight is 218 g/mol. The molecule has 0 saturated carbocycles. The Kier molecular flexibility index (Phi) is 2.87. The standard InChI is InChI=1S/C11H14N4O/c1-8-5-3-4-6-9(8)15-7-13-10(12-2)14-11(15)16/h3-7,10,12H,1-2H3,(H,14,16). The highest BCUT2D eigenvalue weighted by atomic mass is 16.2. The second-order valence-electron chi connectivity index (χ2n) is 3.56. The van der Waals surface area contributed by atoms with Gasteiger partial charge in [-0.25, -0.2) is 9.79 Å². The molecule has 0 fully saturated rings. The summed E-state index contributed by atoms with van der Waals surface area (Å²) in [5.74, 6) is 0. The summed E-state index contributed by atoms with van der Waals surface area (Å²) < 4.78 is 0. The van der Waals surface area contributed by atoms with E-state index in [9.17, 15) is 4.79 Å². The summed E-state index contributed by atoms with van der Waals surface area (Å²) in [5.41, 5.74) is 1.88. The lowest BCUT2D eigenvalue weighted by Gasteiger charge is -2.27. The van der Waals surface area contributed by atoms with E-state index in [1.807, 2.05) is 31.2 Å². The second-order valence-corrected chi connectivity index (χ2v) is 3.56. The van der Waals surface area contributed by atoms with Crippen LogP contribution in [0.2, 0.25) is 0 Å². The predicted octanol–water partition coefficient (Wildman–Crippen LogP) is 1.06. The number of benzene rings is 1. The molecule has 2 amide bonds. The number of hydrogen-bond donors (Lipinski definition) is 2. The molecule has 5 heteroatoms. The Hall–Kier alpha value is -1.88. The Morgan fingerprint density at radius 2 is 2.19 bits per heavy atom. The maximum absolute atomic E-state index is 11.8. The van der Waals surface area contributed by atoms with E-state index in [1.54, 1.807) is 13.4 Å². The largest absolute Gasteiger partial charge is 0.329 e. The number of nitrogens with one attached hydrogen (secondary N) is 2. The van der Waals surface area contributed by atoms with Crippen LogP contribution >= 0.6 is 0 Å². The molecule has 5 nitrogen and oxygen atoms in total. The molecule has 1 aromatic rings. The van der Waals surface area contributed by atoms with Crippen LogP contribution in [-0.2, 0) is 0 Å². The first kappa shape index (κ1) is 10.6. The van der Waals surface area contributed by atoms with Crippen molar-refractivity contribution in [3.8, 4) is 0 Å². The van der Waals surface area contributed by atoms with Crippen LogP contribution in [0.3, 0.4) is 0 Å². The number of nitrogens with zero attached hydrogens (tertiary/aromatic N) is 2. The van der Waals surface area contributed by atoms with Gasteiger partial charge >= 0.3 is 6.03 Å². The molecule has 1 atom stereocenters. The molecule has 16 heavy (non-hydrogen) atoms. The minimum absolute atomic E-state index is 0.177. The SMILES string of the molecule is CNC1N=CN(c2ccccc2C)C(=O)N1. The number of anilines is 1. The molecule has 0 radical (unpaired) electrons. The smallest absolute Gasteiger partial charge is 0.303 e. The molecular weight excluding hydrogens is 204 g/mol. The van der Waals surface area contributed by atoms with Gasteiger partial charge in [-0.3, -0.25) is 10.2 Å². The Labute approximate surface area is 94.2 Å². The molecular formula is C11H14N4O. The molecule has 0 bridgehead atoms. The van der Waals surface area contributed by atoms with E-state index in [2.05, 4.69) is 15.6 Å². The van der Waals surface area contributed by atoms with Gasteiger partial charge in [0.2, 0.25) is 0 Å². The number of aryl methyl sites for hydroxylation is 1. The number of urea groups is 1. The lowest BCUT2D eigenvalue weighted by molar-refractivity contribution is 0.242. The summed E-state index contributed by atoms with van der Waals surface area (Å²) in [6.07, 6.45) is 1.20. The number of para-hydroxylation sites is 1. The van der Waals surface area contributed by atoms with Crippen LogP contribution in [0.5, 0.6) is 0 Å². The van der Waals surface area contributed by atoms with E-state index >= 15 is 0 Å². The van der Waals surface area contributed by atoms with Crippen molar-refractivity contribution < 1.29 is 4.79 Å². The molecule has 2 rings (SSSR count). The fourth-order valence-corrected chi connectivity index (χ4v) is 1.56. The lowest BCUT2D eigenvalue weighted by Crippen LogP contribution is -2.53. The number of aliphatic imine (C=N–C) groups is 1. The highest BCUT2D eigenvalue weighted by Gasteiger charge is 2.21. The lowest BCUT2D eigenvalue weighted by atomic mass is 10.2. The molecule has 0 aromatic heterocycles. The van der Waals surface area contributed by atoms with Gasteiger partial charge in [0.05, 0.1) is 5.69 Å². The van der Waals surface area contributed by atoms with E-state index < -0.39 is 0 Å². The van der Waals surface area contributed by atoms with E-state index in [0.717, 1.165) is 11.3 Å². The van der Waals surface area contributed by atoms with Gasteiger partial charge < -0.3 is 5.32 Å². The molecule has 1 unspecified atom stereocenters. The van der Waals surface area contributed by atoms with E-state index in [1.165, 1.54) is 4.90 Å². The second kappa shape index (κ2) is 4.32. The van der Waals surface area contributed by atoms with Gasteiger partial charge in [0.25, 0.3) is 0 Å². The third kappa shape index (κ3) is 1.90. The number of amides is 2. The predicted molar refractivity (Wildman–Crippen MR) is 63.5 cm³/mol.